The van der Waals surface area contributed by atoms with Gasteiger partial charge in [-0.3, -0.25) is 0 Å². The summed E-state index contributed by atoms with van der Waals surface area (Å²) < 4.78 is 1.22. The van der Waals surface area contributed by atoms with Crippen molar-refractivity contribution in [3.63, 3.8) is 0 Å². The van der Waals surface area contributed by atoms with Gasteiger partial charge in [0.05, 0.1) is 3.79 Å². The first-order chi connectivity index (χ1) is 9.74. The van der Waals surface area contributed by atoms with Crippen LogP contribution in [0.5, 0.6) is 0 Å². The zero-order valence-electron chi connectivity index (χ0n) is 12.1. The number of nitrogens with one attached hydrogen (secondary N) is 1. The Balaban J connectivity index is 2.17. The lowest BCUT2D eigenvalue weighted by atomic mass is 9.87. The lowest BCUT2D eigenvalue weighted by Gasteiger charge is -2.27. The van der Waals surface area contributed by atoms with E-state index >= 15 is 0 Å². The maximum absolute atomic E-state index is 3.68. The third-order valence-corrected chi connectivity index (χ3v) is 5.32. The maximum Gasteiger partial charge on any atom is 0.0701 e. The molecular formula is C17H22BrNS. The molecule has 0 radical (unpaired) electrons. The van der Waals surface area contributed by atoms with Crippen molar-refractivity contribution in [2.45, 2.75) is 38.6 Å². The molecule has 108 valence electrons. The first kappa shape index (κ1) is 15.7. The van der Waals surface area contributed by atoms with Gasteiger partial charge in [-0.2, -0.15) is 0 Å². The fourth-order valence-electron chi connectivity index (χ4n) is 2.75. The molecule has 1 heterocycles. The van der Waals surface area contributed by atoms with Gasteiger partial charge in [0, 0.05) is 10.9 Å². The summed E-state index contributed by atoms with van der Waals surface area (Å²) in [7, 11) is 0. The Morgan fingerprint density at radius 3 is 2.40 bits per heavy atom. The molecule has 0 aliphatic rings. The third kappa shape index (κ3) is 4.18. The van der Waals surface area contributed by atoms with Crippen molar-refractivity contribution in [2.24, 2.45) is 0 Å². The van der Waals surface area contributed by atoms with Crippen molar-refractivity contribution in [3.05, 3.63) is 56.7 Å². The lowest BCUT2D eigenvalue weighted by molar-refractivity contribution is 0.430. The van der Waals surface area contributed by atoms with Gasteiger partial charge in [0.15, 0.2) is 0 Å². The first-order valence-corrected chi connectivity index (χ1v) is 8.88. The summed E-state index contributed by atoms with van der Waals surface area (Å²) in [5, 5.41) is 3.68. The Bertz CT molecular complexity index is 509. The van der Waals surface area contributed by atoms with Crippen molar-refractivity contribution >= 4 is 27.3 Å². The highest BCUT2D eigenvalue weighted by Gasteiger charge is 2.21. The predicted octanol–water partition coefficient (Wildman–Crippen LogP) is 5.23. The molecule has 1 N–H and O–H groups in total. The first-order valence-electron chi connectivity index (χ1n) is 7.27. The minimum atomic E-state index is 0.498. The van der Waals surface area contributed by atoms with Crippen molar-refractivity contribution in [1.82, 2.24) is 5.32 Å². The van der Waals surface area contributed by atoms with E-state index in [0.717, 1.165) is 19.4 Å². The Kier molecular flexibility index (Phi) is 6.27. The summed E-state index contributed by atoms with van der Waals surface area (Å²) in [6, 6.07) is 15.8. The van der Waals surface area contributed by atoms with E-state index in [1.165, 1.54) is 14.2 Å². The van der Waals surface area contributed by atoms with Crippen LogP contribution in [0.4, 0.5) is 0 Å². The molecule has 0 saturated carbocycles. The van der Waals surface area contributed by atoms with Gasteiger partial charge in [0.25, 0.3) is 0 Å². The molecule has 2 rings (SSSR count). The average molecular weight is 352 g/mol. The number of thiophene rings is 1. The monoisotopic (exact) mass is 351 g/mol. The van der Waals surface area contributed by atoms with Crippen LogP contribution in [-0.2, 0) is 6.42 Å². The fourth-order valence-corrected chi connectivity index (χ4v) is 4.29. The van der Waals surface area contributed by atoms with Crippen LogP contribution in [0.1, 0.15) is 36.6 Å². The van der Waals surface area contributed by atoms with Crippen molar-refractivity contribution in [2.75, 3.05) is 6.54 Å². The molecule has 0 amide bonds. The highest BCUT2D eigenvalue weighted by atomic mass is 79.9. The zero-order valence-corrected chi connectivity index (χ0v) is 14.5. The van der Waals surface area contributed by atoms with Gasteiger partial charge in [-0.15, -0.1) is 11.3 Å². The standard InChI is InChI=1S/C17H22BrNS/c1-3-15(13-8-6-5-7-9-13)16(19-4-2)12-14-10-11-17(18)20-14/h5-11,15-16,19H,3-4,12H2,1-2H3. The topological polar surface area (TPSA) is 12.0 Å². The van der Waals surface area contributed by atoms with E-state index in [0.29, 0.717) is 12.0 Å². The molecule has 2 aromatic rings. The number of rotatable bonds is 7. The number of halogens is 1. The van der Waals surface area contributed by atoms with Gasteiger partial charge in [-0.05, 0) is 58.9 Å². The summed E-state index contributed by atoms with van der Waals surface area (Å²) in [5.74, 6) is 0.567. The summed E-state index contributed by atoms with van der Waals surface area (Å²) in [6.45, 7) is 5.49. The number of likely N-dealkylation sites (N-methyl/N-ethyl adjacent to an activating group) is 1. The molecule has 3 heteroatoms. The molecule has 0 spiro atoms. The minimum absolute atomic E-state index is 0.498. The largest absolute Gasteiger partial charge is 0.313 e. The van der Waals surface area contributed by atoms with E-state index in [1.54, 1.807) is 0 Å². The smallest absolute Gasteiger partial charge is 0.0701 e. The van der Waals surface area contributed by atoms with E-state index < -0.39 is 0 Å². The number of hydrogen-bond acceptors (Lipinski definition) is 2. The van der Waals surface area contributed by atoms with Crippen LogP contribution in [0.2, 0.25) is 0 Å². The van der Waals surface area contributed by atoms with Crippen LogP contribution < -0.4 is 5.32 Å². The van der Waals surface area contributed by atoms with Crippen LogP contribution in [0.15, 0.2) is 46.3 Å². The molecule has 1 nitrogen and oxygen atoms in total. The normalized spacial score (nSPS) is 14.2. The molecule has 1 aromatic carbocycles. The van der Waals surface area contributed by atoms with Gasteiger partial charge >= 0.3 is 0 Å². The average Bonchev–Trinajstić information content (AvgIpc) is 2.86. The summed E-state index contributed by atoms with van der Waals surface area (Å²) in [4.78, 5) is 1.44. The van der Waals surface area contributed by atoms with E-state index in [9.17, 15) is 0 Å². The Hall–Kier alpha value is -0.640. The Labute approximate surface area is 134 Å². The van der Waals surface area contributed by atoms with Crippen LogP contribution >= 0.6 is 27.3 Å². The van der Waals surface area contributed by atoms with Gasteiger partial charge in [-0.25, -0.2) is 0 Å². The molecule has 2 atom stereocenters. The summed E-state index contributed by atoms with van der Waals surface area (Å²) in [5.41, 5.74) is 1.44. The lowest BCUT2D eigenvalue weighted by Crippen LogP contribution is -2.36. The zero-order chi connectivity index (χ0) is 14.4. The molecule has 0 bridgehead atoms. The molecule has 0 aliphatic carbocycles. The highest BCUT2D eigenvalue weighted by Crippen LogP contribution is 2.29. The van der Waals surface area contributed by atoms with Crippen LogP contribution in [0.3, 0.4) is 0 Å². The van der Waals surface area contributed by atoms with E-state index in [-0.39, 0.29) is 0 Å². The van der Waals surface area contributed by atoms with Gasteiger partial charge in [0.2, 0.25) is 0 Å². The van der Waals surface area contributed by atoms with Gasteiger partial charge in [0.1, 0.15) is 0 Å². The second-order valence-corrected chi connectivity index (χ2v) is 7.55. The number of hydrogen-bond donors (Lipinski definition) is 1. The molecule has 0 fully saturated rings. The summed E-state index contributed by atoms with van der Waals surface area (Å²) >= 11 is 5.40. The highest BCUT2D eigenvalue weighted by molar-refractivity contribution is 9.11. The number of benzene rings is 1. The second-order valence-electron chi connectivity index (χ2n) is 5.00. The van der Waals surface area contributed by atoms with Crippen molar-refractivity contribution in [3.8, 4) is 0 Å². The maximum atomic E-state index is 3.68. The molecule has 0 saturated heterocycles. The molecule has 0 aliphatic heterocycles. The molecule has 20 heavy (non-hydrogen) atoms. The van der Waals surface area contributed by atoms with Gasteiger partial charge < -0.3 is 5.32 Å². The predicted molar refractivity (Wildman–Crippen MR) is 92.7 cm³/mol. The van der Waals surface area contributed by atoms with Crippen LogP contribution in [-0.4, -0.2) is 12.6 Å². The van der Waals surface area contributed by atoms with Crippen molar-refractivity contribution in [1.29, 1.82) is 0 Å². The van der Waals surface area contributed by atoms with E-state index in [4.69, 9.17) is 0 Å². The van der Waals surface area contributed by atoms with E-state index in [2.05, 4.69) is 77.6 Å². The third-order valence-electron chi connectivity index (χ3n) is 3.67. The van der Waals surface area contributed by atoms with Crippen molar-refractivity contribution < 1.29 is 0 Å². The van der Waals surface area contributed by atoms with Crippen LogP contribution in [0, 0.1) is 0 Å². The Morgan fingerprint density at radius 1 is 1.10 bits per heavy atom. The fraction of sp³-hybridized carbons (Fsp3) is 0.412. The minimum Gasteiger partial charge on any atom is -0.313 e. The molecular weight excluding hydrogens is 330 g/mol. The Morgan fingerprint density at radius 2 is 1.85 bits per heavy atom. The molecule has 1 aromatic heterocycles. The second kappa shape index (κ2) is 7.96. The van der Waals surface area contributed by atoms with Crippen LogP contribution in [0.25, 0.3) is 0 Å². The van der Waals surface area contributed by atoms with E-state index in [1.807, 2.05) is 11.3 Å². The summed E-state index contributed by atoms with van der Waals surface area (Å²) in [6.07, 6.45) is 2.26. The van der Waals surface area contributed by atoms with Gasteiger partial charge in [-0.1, -0.05) is 44.2 Å². The SMILES string of the molecule is CCNC(Cc1ccc(Br)s1)C(CC)c1ccccc1. The quantitative estimate of drug-likeness (QED) is 0.720. The molecule has 2 unspecified atom stereocenters.